The Morgan fingerprint density at radius 1 is 1.04 bits per heavy atom. The number of carbonyl (C=O) groups excluding carboxylic acids is 2. The summed E-state index contributed by atoms with van der Waals surface area (Å²) in [5.41, 5.74) is -0.677. The molecule has 7 nitrogen and oxygen atoms in total. The van der Waals surface area contributed by atoms with E-state index in [4.69, 9.17) is 4.74 Å². The van der Waals surface area contributed by atoms with Crippen molar-refractivity contribution in [2.75, 3.05) is 0 Å². The van der Waals surface area contributed by atoms with Crippen molar-refractivity contribution in [3.8, 4) is 0 Å². The number of rotatable bonds is 7. The van der Waals surface area contributed by atoms with E-state index in [0.717, 1.165) is 0 Å². The first kappa shape index (κ1) is 21.2. The highest BCUT2D eigenvalue weighted by atomic mass is 16.6. The maximum Gasteiger partial charge on any atom is 0.408 e. The van der Waals surface area contributed by atoms with Crippen LogP contribution in [0.2, 0.25) is 0 Å². The van der Waals surface area contributed by atoms with Crippen molar-refractivity contribution in [1.82, 2.24) is 10.6 Å². The standard InChI is InChI=1S/C16H30N2O5/c1-9(2)8-11(14(20)21)17-13(19)12(10(3)4)18-15(22)23-16(5,6)7/h9-12H,8H2,1-7H3,(H,17,19)(H,18,22)(H,20,21)/t11-,12+/m0/s1. The van der Waals surface area contributed by atoms with Gasteiger partial charge in [0.25, 0.3) is 0 Å². The van der Waals surface area contributed by atoms with Gasteiger partial charge in [0.15, 0.2) is 0 Å². The fraction of sp³-hybridized carbons (Fsp3) is 0.812. The van der Waals surface area contributed by atoms with E-state index in [1.54, 1.807) is 34.6 Å². The smallest absolute Gasteiger partial charge is 0.408 e. The van der Waals surface area contributed by atoms with Crippen molar-refractivity contribution in [3.05, 3.63) is 0 Å². The van der Waals surface area contributed by atoms with Gasteiger partial charge >= 0.3 is 12.1 Å². The highest BCUT2D eigenvalue weighted by molar-refractivity contribution is 5.89. The summed E-state index contributed by atoms with van der Waals surface area (Å²) in [4.78, 5) is 35.4. The second-order valence-electron chi connectivity index (χ2n) is 7.40. The molecular weight excluding hydrogens is 300 g/mol. The van der Waals surface area contributed by atoms with Crippen molar-refractivity contribution in [1.29, 1.82) is 0 Å². The highest BCUT2D eigenvalue weighted by Crippen LogP contribution is 2.10. The predicted molar refractivity (Wildman–Crippen MR) is 87.0 cm³/mol. The van der Waals surface area contributed by atoms with Crippen LogP contribution in [0.25, 0.3) is 0 Å². The molecule has 0 aromatic carbocycles. The number of carboxylic acids is 1. The molecule has 3 N–H and O–H groups in total. The number of hydrogen-bond donors (Lipinski definition) is 3. The van der Waals surface area contributed by atoms with Crippen molar-refractivity contribution >= 4 is 18.0 Å². The van der Waals surface area contributed by atoms with E-state index in [0.29, 0.717) is 6.42 Å². The average molecular weight is 330 g/mol. The zero-order valence-electron chi connectivity index (χ0n) is 15.1. The maximum absolute atomic E-state index is 12.3. The molecule has 0 spiro atoms. The van der Waals surface area contributed by atoms with Crippen LogP contribution in [0.15, 0.2) is 0 Å². The summed E-state index contributed by atoms with van der Waals surface area (Å²) in [6.07, 6.45) is -0.389. The number of amides is 2. The topological polar surface area (TPSA) is 105 Å². The predicted octanol–water partition coefficient (Wildman–Crippen LogP) is 2.15. The summed E-state index contributed by atoms with van der Waals surface area (Å²) in [6, 6.07) is -1.84. The summed E-state index contributed by atoms with van der Waals surface area (Å²) in [7, 11) is 0. The third kappa shape index (κ3) is 9.05. The van der Waals surface area contributed by atoms with Crippen LogP contribution in [0.4, 0.5) is 4.79 Å². The van der Waals surface area contributed by atoms with E-state index in [2.05, 4.69) is 10.6 Å². The van der Waals surface area contributed by atoms with Crippen molar-refractivity contribution in [2.45, 2.75) is 72.6 Å². The van der Waals surface area contributed by atoms with Crippen molar-refractivity contribution < 1.29 is 24.2 Å². The van der Waals surface area contributed by atoms with Gasteiger partial charge in [-0.3, -0.25) is 4.79 Å². The summed E-state index contributed by atoms with van der Waals surface area (Å²) < 4.78 is 5.14. The molecule has 2 amide bonds. The van der Waals surface area contributed by atoms with Gasteiger partial charge in [0.2, 0.25) is 5.91 Å². The number of nitrogens with one attached hydrogen (secondary N) is 2. The lowest BCUT2D eigenvalue weighted by Crippen LogP contribution is -2.54. The molecule has 0 aliphatic carbocycles. The Morgan fingerprint density at radius 2 is 1.57 bits per heavy atom. The van der Waals surface area contributed by atoms with Crippen LogP contribution in [-0.2, 0) is 14.3 Å². The van der Waals surface area contributed by atoms with E-state index in [9.17, 15) is 19.5 Å². The molecular formula is C16H30N2O5. The van der Waals surface area contributed by atoms with E-state index in [1.165, 1.54) is 0 Å². The quantitative estimate of drug-likeness (QED) is 0.663. The first-order valence-corrected chi connectivity index (χ1v) is 7.86. The summed E-state index contributed by atoms with van der Waals surface area (Å²) >= 11 is 0. The van der Waals surface area contributed by atoms with Crippen molar-refractivity contribution in [2.24, 2.45) is 11.8 Å². The van der Waals surface area contributed by atoms with Crippen LogP contribution in [-0.4, -0.2) is 40.8 Å². The normalized spacial score (nSPS) is 14.3. The highest BCUT2D eigenvalue weighted by Gasteiger charge is 2.30. The van der Waals surface area contributed by atoms with E-state index >= 15 is 0 Å². The van der Waals surface area contributed by atoms with Crippen LogP contribution >= 0.6 is 0 Å². The molecule has 0 saturated heterocycles. The summed E-state index contributed by atoms with van der Waals surface area (Å²) in [5.74, 6) is -1.71. The molecule has 2 atom stereocenters. The average Bonchev–Trinajstić information content (AvgIpc) is 2.31. The fourth-order valence-corrected chi connectivity index (χ4v) is 1.92. The lowest BCUT2D eigenvalue weighted by atomic mass is 10.0. The Kier molecular flexibility index (Phi) is 8.06. The number of carboxylic acid groups (broad SMARTS) is 1. The fourth-order valence-electron chi connectivity index (χ4n) is 1.92. The molecule has 134 valence electrons. The lowest BCUT2D eigenvalue weighted by Gasteiger charge is -2.26. The third-order valence-corrected chi connectivity index (χ3v) is 2.94. The number of alkyl carbamates (subject to hydrolysis) is 1. The molecule has 0 unspecified atom stereocenters. The summed E-state index contributed by atoms with van der Waals surface area (Å²) in [6.45, 7) is 12.4. The Bertz CT molecular complexity index is 427. The van der Waals surface area contributed by atoms with Gasteiger partial charge in [0.1, 0.15) is 17.7 Å². The molecule has 7 heteroatoms. The molecule has 0 aromatic rings. The maximum atomic E-state index is 12.3. The van der Waals surface area contributed by atoms with Crippen LogP contribution in [0.1, 0.15) is 54.9 Å². The molecule has 0 fully saturated rings. The van der Waals surface area contributed by atoms with Gasteiger partial charge in [-0.05, 0) is 39.0 Å². The zero-order valence-corrected chi connectivity index (χ0v) is 15.1. The van der Waals surface area contributed by atoms with Crippen molar-refractivity contribution in [3.63, 3.8) is 0 Å². The summed E-state index contributed by atoms with van der Waals surface area (Å²) in [5, 5.41) is 14.2. The van der Waals surface area contributed by atoms with E-state index in [1.807, 2.05) is 13.8 Å². The van der Waals surface area contributed by atoms with Crippen LogP contribution in [0, 0.1) is 11.8 Å². The van der Waals surface area contributed by atoms with Gasteiger partial charge in [-0.1, -0.05) is 27.7 Å². The zero-order chi connectivity index (χ0) is 18.4. The minimum absolute atomic E-state index is 0.118. The Hall–Kier alpha value is -1.79. The Labute approximate surface area is 138 Å². The number of aliphatic carboxylic acids is 1. The molecule has 0 heterocycles. The molecule has 0 saturated carbocycles. The van der Waals surface area contributed by atoms with Crippen LogP contribution in [0.3, 0.4) is 0 Å². The van der Waals surface area contributed by atoms with Crippen LogP contribution in [0.5, 0.6) is 0 Å². The van der Waals surface area contributed by atoms with Gasteiger partial charge in [-0.15, -0.1) is 0 Å². The minimum Gasteiger partial charge on any atom is -0.480 e. The molecule has 0 aliphatic heterocycles. The van der Waals surface area contributed by atoms with Crippen LogP contribution < -0.4 is 10.6 Å². The Balaban J connectivity index is 4.91. The van der Waals surface area contributed by atoms with Gasteiger partial charge in [-0.25, -0.2) is 9.59 Å². The van der Waals surface area contributed by atoms with Gasteiger partial charge in [0.05, 0.1) is 0 Å². The second-order valence-corrected chi connectivity index (χ2v) is 7.40. The third-order valence-electron chi connectivity index (χ3n) is 2.94. The lowest BCUT2D eigenvalue weighted by molar-refractivity contribution is -0.142. The first-order chi connectivity index (χ1) is 10.3. The monoisotopic (exact) mass is 330 g/mol. The molecule has 23 heavy (non-hydrogen) atoms. The van der Waals surface area contributed by atoms with E-state index < -0.39 is 35.7 Å². The molecule has 0 aromatic heterocycles. The SMILES string of the molecule is CC(C)C[C@H](NC(=O)[C@H](NC(=O)OC(C)(C)C)C(C)C)C(=O)O. The Morgan fingerprint density at radius 3 is 1.91 bits per heavy atom. The second kappa shape index (κ2) is 8.74. The van der Waals surface area contributed by atoms with E-state index in [-0.39, 0.29) is 11.8 Å². The largest absolute Gasteiger partial charge is 0.480 e. The van der Waals surface area contributed by atoms with Gasteiger partial charge < -0.3 is 20.5 Å². The minimum atomic E-state index is -1.09. The first-order valence-electron chi connectivity index (χ1n) is 7.86. The number of ether oxygens (including phenoxy) is 1. The molecule has 0 radical (unpaired) electrons. The van der Waals surface area contributed by atoms with Gasteiger partial charge in [0, 0.05) is 0 Å². The molecule has 0 aliphatic rings. The number of hydrogen-bond acceptors (Lipinski definition) is 4. The molecule has 0 rings (SSSR count). The van der Waals surface area contributed by atoms with Gasteiger partial charge in [-0.2, -0.15) is 0 Å². The number of carbonyl (C=O) groups is 3. The molecule has 0 bridgehead atoms.